The first-order valence-electron chi connectivity index (χ1n) is 6.01. The fraction of sp³-hybridized carbons (Fsp3) is 0.417. The van der Waals surface area contributed by atoms with Crippen LogP contribution in [0.2, 0.25) is 0 Å². The van der Waals surface area contributed by atoms with E-state index in [1.165, 1.54) is 10.6 Å². The van der Waals surface area contributed by atoms with E-state index in [1.54, 1.807) is 12.3 Å². The zero-order valence-electron chi connectivity index (χ0n) is 10.3. The van der Waals surface area contributed by atoms with Crippen LogP contribution < -0.4 is 10.6 Å². The van der Waals surface area contributed by atoms with Crippen molar-refractivity contribution in [2.75, 3.05) is 6.54 Å². The molecule has 19 heavy (non-hydrogen) atoms. The molecule has 2 amide bonds. The minimum absolute atomic E-state index is 0.0101. The van der Waals surface area contributed by atoms with E-state index in [-0.39, 0.29) is 30.1 Å². The zero-order valence-corrected chi connectivity index (χ0v) is 10.3. The summed E-state index contributed by atoms with van der Waals surface area (Å²) >= 11 is 0. The Balaban J connectivity index is 1.89. The third kappa shape index (κ3) is 3.34. The molecule has 1 aliphatic heterocycles. The quantitative estimate of drug-likeness (QED) is 0.688. The Morgan fingerprint density at radius 2 is 2.32 bits per heavy atom. The Hall–Kier alpha value is -2.31. The van der Waals surface area contributed by atoms with Crippen LogP contribution in [0.4, 0.5) is 0 Å². The lowest BCUT2D eigenvalue weighted by Crippen LogP contribution is -2.48. The lowest BCUT2D eigenvalue weighted by molar-refractivity contribution is -0.126. The fourth-order valence-corrected chi connectivity index (χ4v) is 2.03. The molecule has 1 aliphatic rings. The normalized spacial score (nSPS) is 18.7. The lowest BCUT2D eigenvalue weighted by atomic mass is 10.1. The smallest absolute Gasteiger partial charge is 0.352 e. The van der Waals surface area contributed by atoms with Crippen molar-refractivity contribution < 1.29 is 19.5 Å². The summed E-state index contributed by atoms with van der Waals surface area (Å²) < 4.78 is 1.37. The summed E-state index contributed by atoms with van der Waals surface area (Å²) in [6.45, 7) is 0.376. The number of amides is 2. The molecule has 1 aromatic heterocycles. The predicted molar refractivity (Wildman–Crippen MR) is 65.6 cm³/mol. The molecule has 0 radical (unpaired) electrons. The van der Waals surface area contributed by atoms with Crippen LogP contribution in [0.1, 0.15) is 23.3 Å². The number of rotatable bonds is 4. The predicted octanol–water partition coefficient (Wildman–Crippen LogP) is -0.419. The molecule has 0 aliphatic carbocycles. The standard InChI is InChI=1S/C12H15N3O4/c16-10-4-3-8(6-13-10)14-11(17)7-15-5-1-2-9(15)12(18)19/h1-2,5,8H,3-4,6-7H2,(H,13,16)(H,14,17)(H,18,19). The van der Waals surface area contributed by atoms with Crippen LogP contribution in [0.15, 0.2) is 18.3 Å². The molecular weight excluding hydrogens is 250 g/mol. The number of hydrogen-bond acceptors (Lipinski definition) is 3. The average molecular weight is 265 g/mol. The minimum Gasteiger partial charge on any atom is -0.477 e. The molecule has 0 saturated carbocycles. The number of carbonyl (C=O) groups is 3. The Morgan fingerprint density at radius 3 is 2.95 bits per heavy atom. The Bertz CT molecular complexity index is 499. The fourth-order valence-electron chi connectivity index (χ4n) is 2.03. The van der Waals surface area contributed by atoms with Crippen molar-refractivity contribution in [1.29, 1.82) is 0 Å². The Morgan fingerprint density at radius 1 is 1.53 bits per heavy atom. The zero-order chi connectivity index (χ0) is 13.8. The van der Waals surface area contributed by atoms with Gasteiger partial charge in [0.2, 0.25) is 11.8 Å². The van der Waals surface area contributed by atoms with Crippen LogP contribution in [-0.4, -0.2) is 40.0 Å². The van der Waals surface area contributed by atoms with E-state index in [4.69, 9.17) is 5.11 Å². The first-order valence-corrected chi connectivity index (χ1v) is 6.01. The summed E-state index contributed by atoms with van der Waals surface area (Å²) in [5.74, 6) is -1.34. The summed E-state index contributed by atoms with van der Waals surface area (Å²) in [7, 11) is 0. The second kappa shape index (κ2) is 5.55. The van der Waals surface area contributed by atoms with Crippen LogP contribution in [0.25, 0.3) is 0 Å². The number of carboxylic acid groups (broad SMARTS) is 1. The number of piperidine rings is 1. The summed E-state index contributed by atoms with van der Waals surface area (Å²) in [4.78, 5) is 33.7. The van der Waals surface area contributed by atoms with Gasteiger partial charge < -0.3 is 20.3 Å². The molecule has 1 saturated heterocycles. The van der Waals surface area contributed by atoms with Gasteiger partial charge in [-0.2, -0.15) is 0 Å². The molecule has 0 bridgehead atoms. The maximum absolute atomic E-state index is 11.8. The van der Waals surface area contributed by atoms with Gasteiger partial charge >= 0.3 is 5.97 Å². The van der Waals surface area contributed by atoms with E-state index < -0.39 is 5.97 Å². The highest BCUT2D eigenvalue weighted by molar-refractivity contribution is 5.87. The van der Waals surface area contributed by atoms with E-state index in [2.05, 4.69) is 10.6 Å². The van der Waals surface area contributed by atoms with Gasteiger partial charge in [0.05, 0.1) is 0 Å². The molecule has 3 N–H and O–H groups in total. The van der Waals surface area contributed by atoms with Gasteiger partial charge in [0, 0.05) is 25.2 Å². The summed E-state index contributed by atoms with van der Waals surface area (Å²) in [6.07, 6.45) is 2.55. The number of hydrogen-bond donors (Lipinski definition) is 3. The molecule has 0 aromatic carbocycles. The molecule has 1 atom stereocenters. The van der Waals surface area contributed by atoms with E-state index in [9.17, 15) is 14.4 Å². The monoisotopic (exact) mass is 265 g/mol. The molecule has 1 aromatic rings. The van der Waals surface area contributed by atoms with Crippen LogP contribution in [0, 0.1) is 0 Å². The van der Waals surface area contributed by atoms with Crippen molar-refractivity contribution in [2.45, 2.75) is 25.4 Å². The summed E-state index contributed by atoms with van der Waals surface area (Å²) in [5, 5.41) is 14.4. The number of nitrogens with one attached hydrogen (secondary N) is 2. The van der Waals surface area contributed by atoms with Gasteiger partial charge in [0.25, 0.3) is 0 Å². The molecule has 7 nitrogen and oxygen atoms in total. The molecule has 1 unspecified atom stereocenters. The molecule has 0 spiro atoms. The molecule has 1 fully saturated rings. The maximum atomic E-state index is 11.8. The van der Waals surface area contributed by atoms with E-state index in [0.717, 1.165) is 0 Å². The van der Waals surface area contributed by atoms with E-state index in [1.807, 2.05) is 0 Å². The molecular formula is C12H15N3O4. The topological polar surface area (TPSA) is 100 Å². The minimum atomic E-state index is -1.07. The largest absolute Gasteiger partial charge is 0.477 e. The maximum Gasteiger partial charge on any atom is 0.352 e. The van der Waals surface area contributed by atoms with Gasteiger partial charge in [-0.05, 0) is 18.6 Å². The summed E-state index contributed by atoms with van der Waals surface area (Å²) in [6, 6.07) is 2.93. The van der Waals surface area contributed by atoms with Gasteiger partial charge in [0.15, 0.2) is 0 Å². The highest BCUT2D eigenvalue weighted by Gasteiger charge is 2.20. The number of carbonyl (C=O) groups excluding carboxylic acids is 2. The van der Waals surface area contributed by atoms with Crippen molar-refractivity contribution in [1.82, 2.24) is 15.2 Å². The highest BCUT2D eigenvalue weighted by Crippen LogP contribution is 2.04. The van der Waals surface area contributed by atoms with E-state index in [0.29, 0.717) is 19.4 Å². The van der Waals surface area contributed by atoms with E-state index >= 15 is 0 Å². The number of carboxylic acids is 1. The number of aromatic carboxylic acids is 1. The molecule has 2 rings (SSSR count). The first kappa shape index (κ1) is 13.1. The van der Waals surface area contributed by atoms with Gasteiger partial charge in [-0.1, -0.05) is 0 Å². The van der Waals surface area contributed by atoms with Gasteiger partial charge in [0.1, 0.15) is 12.2 Å². The Kier molecular flexibility index (Phi) is 3.84. The second-order valence-corrected chi connectivity index (χ2v) is 4.43. The molecule has 2 heterocycles. The molecule has 102 valence electrons. The van der Waals surface area contributed by atoms with Gasteiger partial charge in [-0.3, -0.25) is 9.59 Å². The van der Waals surface area contributed by atoms with Crippen molar-refractivity contribution in [2.24, 2.45) is 0 Å². The van der Waals surface area contributed by atoms with Crippen LogP contribution in [-0.2, 0) is 16.1 Å². The van der Waals surface area contributed by atoms with Gasteiger partial charge in [-0.25, -0.2) is 4.79 Å². The Labute approximate surface area is 109 Å². The van der Waals surface area contributed by atoms with Gasteiger partial charge in [-0.15, -0.1) is 0 Å². The van der Waals surface area contributed by atoms with Crippen molar-refractivity contribution >= 4 is 17.8 Å². The van der Waals surface area contributed by atoms with Crippen molar-refractivity contribution in [3.8, 4) is 0 Å². The number of aromatic nitrogens is 1. The number of nitrogens with zero attached hydrogens (tertiary/aromatic N) is 1. The third-order valence-electron chi connectivity index (χ3n) is 2.99. The average Bonchev–Trinajstić information content (AvgIpc) is 2.80. The highest BCUT2D eigenvalue weighted by atomic mass is 16.4. The lowest BCUT2D eigenvalue weighted by Gasteiger charge is -2.23. The first-order chi connectivity index (χ1) is 9.06. The summed E-state index contributed by atoms with van der Waals surface area (Å²) in [5.41, 5.74) is 0.0760. The van der Waals surface area contributed by atoms with Crippen LogP contribution in [0.3, 0.4) is 0 Å². The van der Waals surface area contributed by atoms with Crippen molar-refractivity contribution in [3.05, 3.63) is 24.0 Å². The molecule has 7 heteroatoms. The SMILES string of the molecule is O=C1CCC(NC(=O)Cn2cccc2C(=O)O)CN1. The third-order valence-corrected chi connectivity index (χ3v) is 2.99. The van der Waals surface area contributed by atoms with Crippen molar-refractivity contribution in [3.63, 3.8) is 0 Å². The second-order valence-electron chi connectivity index (χ2n) is 4.43. The van der Waals surface area contributed by atoms with Crippen LogP contribution >= 0.6 is 0 Å². The van der Waals surface area contributed by atoms with Crippen LogP contribution in [0.5, 0.6) is 0 Å².